The summed E-state index contributed by atoms with van der Waals surface area (Å²) in [6, 6.07) is 21.2. The lowest BCUT2D eigenvalue weighted by Gasteiger charge is -2.17. The van der Waals surface area contributed by atoms with Crippen LogP contribution >= 0.6 is 8.07 Å². The molecule has 104 valence electrons. The Kier molecular flexibility index (Phi) is 6.34. The molecule has 2 aromatic rings. The van der Waals surface area contributed by atoms with E-state index < -0.39 is 0 Å². The van der Waals surface area contributed by atoms with Crippen molar-refractivity contribution >= 4 is 19.5 Å². The first-order chi connectivity index (χ1) is 9.90. The minimum Gasteiger partial charge on any atom is -0.367 e. The molecule has 2 heteroatoms. The highest BCUT2D eigenvalue weighted by atomic mass is 31.1. The van der Waals surface area contributed by atoms with Crippen LogP contribution in [0.25, 0.3) is 6.08 Å². The van der Waals surface area contributed by atoms with E-state index in [1.165, 1.54) is 29.9 Å². The lowest BCUT2D eigenvalue weighted by molar-refractivity contribution is 0.889. The zero-order valence-corrected chi connectivity index (χ0v) is 12.9. The van der Waals surface area contributed by atoms with Gasteiger partial charge in [0.1, 0.15) is 0 Å². The van der Waals surface area contributed by atoms with Gasteiger partial charge >= 0.3 is 0 Å². The first-order valence-corrected chi connectivity index (χ1v) is 8.73. The molecule has 0 aliphatic rings. The number of rotatable bonds is 7. The molecule has 20 heavy (non-hydrogen) atoms. The van der Waals surface area contributed by atoms with Crippen LogP contribution in [0.4, 0.5) is 0 Å². The minimum atomic E-state index is -0.295. The number of nitrogens with one attached hydrogen (secondary N) is 1. The van der Waals surface area contributed by atoms with E-state index in [0.29, 0.717) is 0 Å². The second kappa shape index (κ2) is 8.55. The third kappa shape index (κ3) is 4.83. The van der Waals surface area contributed by atoms with Crippen molar-refractivity contribution in [1.29, 1.82) is 0 Å². The molecule has 2 rings (SSSR count). The second-order valence-corrected chi connectivity index (χ2v) is 6.79. The Labute approximate surface area is 123 Å². The van der Waals surface area contributed by atoms with Crippen LogP contribution in [0, 0.1) is 0 Å². The third-order valence-corrected chi connectivity index (χ3v) is 5.25. The molecular weight excluding hydrogens is 261 g/mol. The molecule has 0 saturated carbocycles. The Hall–Kier alpha value is -1.59. The molecule has 0 aliphatic heterocycles. The smallest absolute Gasteiger partial charge is 0.0194 e. The quantitative estimate of drug-likeness (QED) is 0.722. The van der Waals surface area contributed by atoms with E-state index >= 15 is 0 Å². The summed E-state index contributed by atoms with van der Waals surface area (Å²) in [6.07, 6.45) is 7.99. The molecule has 0 fully saturated rings. The molecule has 0 radical (unpaired) electrons. The molecule has 0 bridgehead atoms. The molecular formula is C18H22NP. The van der Waals surface area contributed by atoms with Crippen LogP contribution in [-0.4, -0.2) is 6.16 Å². The maximum atomic E-state index is 3.60. The Bertz CT molecular complexity index is 507. The van der Waals surface area contributed by atoms with Gasteiger partial charge in [0.2, 0.25) is 0 Å². The van der Waals surface area contributed by atoms with Gasteiger partial charge < -0.3 is 5.09 Å². The standard InChI is InChI=1S/C18H22NP/c1-2-3-16-20(18-12-8-5-9-13-18)19-15-14-17-10-6-4-7-11-17/h4-15,19H,2-3,16H2,1H3/t20-/m0/s1. The second-order valence-electron chi connectivity index (χ2n) is 4.71. The molecule has 1 nitrogen and oxygen atoms in total. The minimum absolute atomic E-state index is 0.295. The largest absolute Gasteiger partial charge is 0.367 e. The Balaban J connectivity index is 1.99. The lowest BCUT2D eigenvalue weighted by atomic mass is 10.2. The molecule has 0 spiro atoms. The van der Waals surface area contributed by atoms with Crippen molar-refractivity contribution in [1.82, 2.24) is 5.09 Å². The summed E-state index contributed by atoms with van der Waals surface area (Å²) >= 11 is 0. The number of hydrogen-bond acceptors (Lipinski definition) is 1. The van der Waals surface area contributed by atoms with Gasteiger partial charge in [0, 0.05) is 14.3 Å². The fraction of sp³-hybridized carbons (Fsp3) is 0.222. The van der Waals surface area contributed by atoms with Crippen LogP contribution in [0.2, 0.25) is 0 Å². The van der Waals surface area contributed by atoms with Gasteiger partial charge in [-0.25, -0.2) is 0 Å². The Morgan fingerprint density at radius 3 is 2.25 bits per heavy atom. The summed E-state index contributed by atoms with van der Waals surface area (Å²) in [5, 5.41) is 5.03. The van der Waals surface area contributed by atoms with Crippen molar-refractivity contribution in [3.8, 4) is 0 Å². The average molecular weight is 283 g/mol. The van der Waals surface area contributed by atoms with Gasteiger partial charge in [0.25, 0.3) is 0 Å². The van der Waals surface area contributed by atoms with E-state index in [0.717, 1.165) is 0 Å². The molecule has 0 saturated heterocycles. The summed E-state index contributed by atoms with van der Waals surface area (Å²) < 4.78 is 0. The fourth-order valence-corrected chi connectivity index (χ4v) is 3.94. The summed E-state index contributed by atoms with van der Waals surface area (Å²) in [4.78, 5) is 0. The summed E-state index contributed by atoms with van der Waals surface area (Å²) in [7, 11) is -0.295. The highest BCUT2D eigenvalue weighted by Gasteiger charge is 2.07. The van der Waals surface area contributed by atoms with E-state index in [4.69, 9.17) is 0 Å². The topological polar surface area (TPSA) is 12.0 Å². The van der Waals surface area contributed by atoms with E-state index in [1.54, 1.807) is 0 Å². The fourth-order valence-electron chi connectivity index (χ4n) is 1.98. The van der Waals surface area contributed by atoms with Gasteiger partial charge in [-0.2, -0.15) is 0 Å². The van der Waals surface area contributed by atoms with Crippen molar-refractivity contribution in [2.24, 2.45) is 0 Å². The highest BCUT2D eigenvalue weighted by Crippen LogP contribution is 2.30. The van der Waals surface area contributed by atoms with Gasteiger partial charge in [-0.3, -0.25) is 0 Å². The average Bonchev–Trinajstić information content (AvgIpc) is 2.52. The third-order valence-electron chi connectivity index (χ3n) is 3.11. The van der Waals surface area contributed by atoms with Crippen molar-refractivity contribution in [3.05, 3.63) is 72.4 Å². The number of unbranched alkanes of at least 4 members (excludes halogenated alkanes) is 1. The van der Waals surface area contributed by atoms with Crippen molar-refractivity contribution in [2.75, 3.05) is 6.16 Å². The highest BCUT2D eigenvalue weighted by molar-refractivity contribution is 7.63. The van der Waals surface area contributed by atoms with Gasteiger partial charge in [-0.15, -0.1) is 0 Å². The Morgan fingerprint density at radius 1 is 0.950 bits per heavy atom. The SMILES string of the molecule is CCCC[P@](NC=Cc1ccccc1)c1ccccc1. The van der Waals surface area contributed by atoms with E-state index in [9.17, 15) is 0 Å². The van der Waals surface area contributed by atoms with Gasteiger partial charge in [0.15, 0.2) is 0 Å². The lowest BCUT2D eigenvalue weighted by Crippen LogP contribution is -2.12. The molecule has 0 aromatic heterocycles. The van der Waals surface area contributed by atoms with Crippen LogP contribution in [0.5, 0.6) is 0 Å². The van der Waals surface area contributed by atoms with Gasteiger partial charge in [-0.1, -0.05) is 74.0 Å². The molecule has 2 aromatic carbocycles. The predicted octanol–water partition coefficient (Wildman–Crippen LogP) is 4.77. The molecule has 0 aliphatic carbocycles. The van der Waals surface area contributed by atoms with Gasteiger partial charge in [-0.05, 0) is 29.5 Å². The predicted molar refractivity (Wildman–Crippen MR) is 91.4 cm³/mol. The molecule has 0 heterocycles. The van der Waals surface area contributed by atoms with Crippen LogP contribution in [0.1, 0.15) is 25.3 Å². The first-order valence-electron chi connectivity index (χ1n) is 7.20. The molecule has 0 unspecified atom stereocenters. The van der Waals surface area contributed by atoms with Crippen LogP contribution in [-0.2, 0) is 0 Å². The van der Waals surface area contributed by atoms with Crippen molar-refractivity contribution < 1.29 is 0 Å². The number of benzene rings is 2. The maximum absolute atomic E-state index is 3.60. The van der Waals surface area contributed by atoms with E-state index in [2.05, 4.69) is 78.9 Å². The molecule has 0 amide bonds. The first kappa shape index (κ1) is 14.8. The van der Waals surface area contributed by atoms with Gasteiger partial charge in [0.05, 0.1) is 0 Å². The van der Waals surface area contributed by atoms with E-state index in [-0.39, 0.29) is 8.07 Å². The zero-order valence-electron chi connectivity index (χ0n) is 12.0. The summed E-state index contributed by atoms with van der Waals surface area (Å²) in [5.41, 5.74) is 1.23. The van der Waals surface area contributed by atoms with Crippen LogP contribution in [0.3, 0.4) is 0 Å². The van der Waals surface area contributed by atoms with Crippen LogP contribution in [0.15, 0.2) is 66.9 Å². The molecule has 1 atom stereocenters. The zero-order chi connectivity index (χ0) is 14.0. The normalized spacial score (nSPS) is 12.4. The van der Waals surface area contributed by atoms with Crippen molar-refractivity contribution in [2.45, 2.75) is 19.8 Å². The molecule has 1 N–H and O–H groups in total. The maximum Gasteiger partial charge on any atom is 0.0194 e. The van der Waals surface area contributed by atoms with Crippen molar-refractivity contribution in [3.63, 3.8) is 0 Å². The van der Waals surface area contributed by atoms with E-state index in [1.807, 2.05) is 6.07 Å². The Morgan fingerprint density at radius 2 is 1.60 bits per heavy atom. The monoisotopic (exact) mass is 283 g/mol. The summed E-state index contributed by atoms with van der Waals surface area (Å²) in [6.45, 7) is 2.25. The summed E-state index contributed by atoms with van der Waals surface area (Å²) in [5.74, 6) is 0. The van der Waals surface area contributed by atoms with Crippen LogP contribution < -0.4 is 10.4 Å². The number of hydrogen-bond donors (Lipinski definition) is 1.